The summed E-state index contributed by atoms with van der Waals surface area (Å²) in [6.45, 7) is 0. The predicted octanol–water partition coefficient (Wildman–Crippen LogP) is 2.81. The molecule has 0 bridgehead atoms. The van der Waals surface area contributed by atoms with Crippen molar-refractivity contribution in [3.05, 3.63) is 41.7 Å². The molecule has 2 aliphatic rings. The van der Waals surface area contributed by atoms with Crippen LogP contribution in [0.2, 0.25) is 0 Å². The van der Waals surface area contributed by atoms with Crippen LogP contribution in [-0.2, 0) is 4.79 Å². The van der Waals surface area contributed by atoms with Crippen molar-refractivity contribution in [2.24, 2.45) is 5.73 Å². The molecule has 5 nitrogen and oxygen atoms in total. The van der Waals surface area contributed by atoms with Gasteiger partial charge in [0.05, 0.1) is 0 Å². The third kappa shape index (κ3) is 2.63. The van der Waals surface area contributed by atoms with E-state index in [1.807, 2.05) is 30.3 Å². The van der Waals surface area contributed by atoms with Crippen LogP contribution >= 0.6 is 11.8 Å². The molecular formula is C16H18N4OS. The summed E-state index contributed by atoms with van der Waals surface area (Å²) in [5.74, 6) is 1.32. The van der Waals surface area contributed by atoms with Crippen LogP contribution in [0.25, 0.3) is 0 Å². The first-order chi connectivity index (χ1) is 10.7. The minimum Gasteiger partial charge on any atom is -0.368 e. The van der Waals surface area contributed by atoms with E-state index in [1.54, 1.807) is 0 Å². The number of nitrogens with two attached hydrogens (primary N) is 1. The van der Waals surface area contributed by atoms with Gasteiger partial charge in [-0.05, 0) is 31.2 Å². The summed E-state index contributed by atoms with van der Waals surface area (Å²) < 4.78 is 2.25. The Morgan fingerprint density at radius 3 is 2.50 bits per heavy atom. The third-order valence-corrected chi connectivity index (χ3v) is 5.36. The molecule has 0 radical (unpaired) electrons. The molecule has 1 heterocycles. The number of carbonyl (C=O) groups is 1. The molecule has 0 spiro atoms. The van der Waals surface area contributed by atoms with Gasteiger partial charge in [0.25, 0.3) is 0 Å². The summed E-state index contributed by atoms with van der Waals surface area (Å²) in [7, 11) is 0. The van der Waals surface area contributed by atoms with E-state index in [1.165, 1.54) is 37.4 Å². The summed E-state index contributed by atoms with van der Waals surface area (Å²) in [6, 6.07) is 10.2. The zero-order valence-electron chi connectivity index (χ0n) is 12.2. The highest BCUT2D eigenvalue weighted by molar-refractivity contribution is 8.00. The zero-order chi connectivity index (χ0) is 15.1. The molecule has 114 valence electrons. The second-order valence-corrected chi connectivity index (χ2v) is 7.10. The highest BCUT2D eigenvalue weighted by Gasteiger charge is 2.37. The monoisotopic (exact) mass is 314 g/mol. The molecule has 0 unspecified atom stereocenters. The van der Waals surface area contributed by atoms with E-state index in [2.05, 4.69) is 14.8 Å². The molecule has 2 fully saturated rings. The highest BCUT2D eigenvalue weighted by Crippen LogP contribution is 2.47. The topological polar surface area (TPSA) is 73.8 Å². The van der Waals surface area contributed by atoms with E-state index < -0.39 is 5.25 Å². The molecular weight excluding hydrogens is 296 g/mol. The summed E-state index contributed by atoms with van der Waals surface area (Å²) in [5.41, 5.74) is 6.54. The third-order valence-electron chi connectivity index (χ3n) is 4.13. The van der Waals surface area contributed by atoms with Crippen molar-refractivity contribution in [3.63, 3.8) is 0 Å². The molecule has 0 saturated heterocycles. The molecule has 2 N–H and O–H groups in total. The molecule has 1 amide bonds. The molecule has 1 atom stereocenters. The van der Waals surface area contributed by atoms with Gasteiger partial charge in [-0.15, -0.1) is 10.2 Å². The summed E-state index contributed by atoms with van der Waals surface area (Å²) >= 11 is 1.43. The summed E-state index contributed by atoms with van der Waals surface area (Å²) in [4.78, 5) is 11.9. The lowest BCUT2D eigenvalue weighted by molar-refractivity contribution is -0.117. The normalized spacial score (nSPS) is 19.1. The maximum atomic E-state index is 11.9. The first-order valence-corrected chi connectivity index (χ1v) is 8.57. The summed E-state index contributed by atoms with van der Waals surface area (Å²) in [5, 5.41) is 9.15. The van der Waals surface area contributed by atoms with Crippen molar-refractivity contribution >= 4 is 17.7 Å². The van der Waals surface area contributed by atoms with Crippen molar-refractivity contribution in [1.82, 2.24) is 14.8 Å². The van der Waals surface area contributed by atoms with Gasteiger partial charge in [-0.25, -0.2) is 0 Å². The molecule has 0 aliphatic heterocycles. The highest BCUT2D eigenvalue weighted by atomic mass is 32.2. The number of amides is 1. The number of hydrogen-bond acceptors (Lipinski definition) is 4. The Balaban J connectivity index is 1.65. The first kappa shape index (κ1) is 13.8. The van der Waals surface area contributed by atoms with Gasteiger partial charge in [0.2, 0.25) is 5.91 Å². The predicted molar refractivity (Wildman–Crippen MR) is 84.5 cm³/mol. The number of nitrogens with zero attached hydrogens (tertiary/aromatic N) is 3. The van der Waals surface area contributed by atoms with Gasteiger partial charge in [0.1, 0.15) is 11.1 Å². The van der Waals surface area contributed by atoms with Gasteiger partial charge in [-0.3, -0.25) is 4.79 Å². The standard InChI is InChI=1S/C16H18N4OS/c17-14(21)13(10-4-2-1-3-5-10)22-16-19-18-15(11-6-7-11)20(16)12-8-9-12/h1-5,11-13H,6-9H2,(H2,17,21)/t13-/m1/s1. The van der Waals surface area contributed by atoms with E-state index in [0.717, 1.165) is 16.5 Å². The van der Waals surface area contributed by atoms with Gasteiger partial charge >= 0.3 is 0 Å². The van der Waals surface area contributed by atoms with Crippen LogP contribution in [0.5, 0.6) is 0 Å². The largest absolute Gasteiger partial charge is 0.368 e. The lowest BCUT2D eigenvalue weighted by Crippen LogP contribution is -2.19. The van der Waals surface area contributed by atoms with Crippen molar-refractivity contribution in [2.45, 2.75) is 48.0 Å². The van der Waals surface area contributed by atoms with Gasteiger partial charge in [0, 0.05) is 12.0 Å². The Bertz CT molecular complexity index is 691. The number of hydrogen-bond donors (Lipinski definition) is 1. The lowest BCUT2D eigenvalue weighted by atomic mass is 10.1. The van der Waals surface area contributed by atoms with E-state index in [4.69, 9.17) is 5.73 Å². The quantitative estimate of drug-likeness (QED) is 0.832. The fourth-order valence-electron chi connectivity index (χ4n) is 2.69. The van der Waals surface area contributed by atoms with Crippen molar-refractivity contribution in [3.8, 4) is 0 Å². The Labute approximate surface area is 133 Å². The van der Waals surface area contributed by atoms with E-state index in [0.29, 0.717) is 12.0 Å². The molecule has 4 rings (SSSR count). The van der Waals surface area contributed by atoms with Crippen LogP contribution in [-0.4, -0.2) is 20.7 Å². The Hall–Kier alpha value is -1.82. The second kappa shape index (κ2) is 5.43. The van der Waals surface area contributed by atoms with Crippen molar-refractivity contribution < 1.29 is 4.79 Å². The van der Waals surface area contributed by atoms with Gasteiger partial charge < -0.3 is 10.3 Å². The maximum Gasteiger partial charge on any atom is 0.235 e. The average Bonchev–Trinajstić information content (AvgIpc) is 3.44. The summed E-state index contributed by atoms with van der Waals surface area (Å²) in [6.07, 6.45) is 4.76. The first-order valence-electron chi connectivity index (χ1n) is 7.69. The molecule has 2 aliphatic carbocycles. The molecule has 2 saturated carbocycles. The minimum atomic E-state index is -0.421. The average molecular weight is 314 g/mol. The SMILES string of the molecule is NC(=O)[C@H](Sc1nnc(C2CC2)n1C1CC1)c1ccccc1. The van der Waals surface area contributed by atoms with E-state index in [9.17, 15) is 4.79 Å². The Morgan fingerprint density at radius 2 is 1.91 bits per heavy atom. The second-order valence-electron chi connectivity index (χ2n) is 6.03. The van der Waals surface area contributed by atoms with Gasteiger partial charge in [-0.1, -0.05) is 42.1 Å². The minimum absolute atomic E-state index is 0.338. The van der Waals surface area contributed by atoms with E-state index >= 15 is 0 Å². The zero-order valence-corrected chi connectivity index (χ0v) is 13.0. The van der Waals surface area contributed by atoms with Crippen molar-refractivity contribution in [2.75, 3.05) is 0 Å². The van der Waals surface area contributed by atoms with Crippen molar-refractivity contribution in [1.29, 1.82) is 0 Å². The van der Waals surface area contributed by atoms with E-state index in [-0.39, 0.29) is 5.91 Å². The molecule has 1 aromatic heterocycles. The number of primary amides is 1. The van der Waals surface area contributed by atoms with Crippen LogP contribution in [0.3, 0.4) is 0 Å². The fraction of sp³-hybridized carbons (Fsp3) is 0.438. The molecule has 2 aromatic rings. The fourth-order valence-corrected chi connectivity index (χ4v) is 3.75. The van der Waals surface area contributed by atoms with Crippen LogP contribution in [0.1, 0.15) is 54.3 Å². The van der Waals surface area contributed by atoms with Crippen LogP contribution in [0.15, 0.2) is 35.5 Å². The molecule has 6 heteroatoms. The van der Waals surface area contributed by atoms with Crippen LogP contribution < -0.4 is 5.73 Å². The molecule has 1 aromatic carbocycles. The van der Waals surface area contributed by atoms with Gasteiger partial charge in [-0.2, -0.15) is 0 Å². The smallest absolute Gasteiger partial charge is 0.235 e. The van der Waals surface area contributed by atoms with Crippen LogP contribution in [0.4, 0.5) is 0 Å². The number of benzene rings is 1. The number of aromatic nitrogens is 3. The number of carbonyl (C=O) groups excluding carboxylic acids is 1. The van der Waals surface area contributed by atoms with Crippen LogP contribution in [0, 0.1) is 0 Å². The molecule has 22 heavy (non-hydrogen) atoms. The number of rotatable bonds is 6. The Morgan fingerprint density at radius 1 is 1.18 bits per heavy atom. The van der Waals surface area contributed by atoms with Gasteiger partial charge in [0.15, 0.2) is 5.16 Å². The maximum absolute atomic E-state index is 11.9. The lowest BCUT2D eigenvalue weighted by Gasteiger charge is -2.14. The Kier molecular flexibility index (Phi) is 3.41. The number of thioether (sulfide) groups is 1.